The van der Waals surface area contributed by atoms with E-state index in [9.17, 15) is 4.39 Å². The van der Waals surface area contributed by atoms with E-state index in [4.69, 9.17) is 21.1 Å². The lowest BCUT2D eigenvalue weighted by atomic mass is 10.0. The maximum absolute atomic E-state index is 13.8. The number of rotatable bonds is 1. The molecule has 0 radical (unpaired) electrons. The molecule has 3 rings (SSSR count). The van der Waals surface area contributed by atoms with Crippen LogP contribution in [0.4, 0.5) is 10.2 Å². The normalized spacial score (nSPS) is 22.7. The van der Waals surface area contributed by atoms with Gasteiger partial charge in [-0.3, -0.25) is 0 Å². The number of halogens is 2. The zero-order chi connectivity index (χ0) is 12.6. The van der Waals surface area contributed by atoms with E-state index in [0.717, 1.165) is 12.8 Å². The molecule has 2 aliphatic heterocycles. The van der Waals surface area contributed by atoms with E-state index in [0.29, 0.717) is 37.1 Å². The minimum atomic E-state index is -0.445. The van der Waals surface area contributed by atoms with Crippen LogP contribution in [0, 0.1) is 5.82 Å². The number of hydrogen-bond donors (Lipinski definition) is 0. The van der Waals surface area contributed by atoms with Gasteiger partial charge in [-0.15, -0.1) is 0 Å². The Morgan fingerprint density at radius 3 is 2.56 bits per heavy atom. The Balaban J connectivity index is 1.72. The summed E-state index contributed by atoms with van der Waals surface area (Å²) in [4.78, 5) is 5.96. The summed E-state index contributed by atoms with van der Waals surface area (Å²) in [6.45, 7) is 2.64. The van der Waals surface area contributed by atoms with Gasteiger partial charge in [-0.2, -0.15) is 0 Å². The monoisotopic (exact) mass is 272 g/mol. The Kier molecular flexibility index (Phi) is 3.13. The van der Waals surface area contributed by atoms with Gasteiger partial charge < -0.3 is 14.4 Å². The highest BCUT2D eigenvalue weighted by Crippen LogP contribution is 2.33. The molecule has 1 spiro atoms. The summed E-state index contributed by atoms with van der Waals surface area (Å²) in [5.41, 5.74) is 0. The van der Waals surface area contributed by atoms with Gasteiger partial charge in [-0.05, 0) is 6.07 Å². The summed E-state index contributed by atoms with van der Waals surface area (Å²) in [6, 6.07) is 1.29. The summed E-state index contributed by atoms with van der Waals surface area (Å²) in [5, 5.41) is 0.312. The van der Waals surface area contributed by atoms with Crippen LogP contribution in [0.1, 0.15) is 12.8 Å². The standard InChI is InChI=1S/C12H14ClFN2O2/c13-9-7-10(14)11(15-8-9)16-3-1-12(2-4-16)17-5-6-18-12/h7-8H,1-6H2. The first kappa shape index (κ1) is 12.1. The topological polar surface area (TPSA) is 34.6 Å². The molecule has 2 aliphatic rings. The maximum Gasteiger partial charge on any atom is 0.171 e. The lowest BCUT2D eigenvalue weighted by Crippen LogP contribution is -2.45. The molecule has 0 bridgehead atoms. The van der Waals surface area contributed by atoms with E-state index in [2.05, 4.69) is 4.98 Å². The van der Waals surface area contributed by atoms with Crippen LogP contribution >= 0.6 is 11.6 Å². The molecular formula is C12H14ClFN2O2. The smallest absolute Gasteiger partial charge is 0.171 e. The van der Waals surface area contributed by atoms with E-state index in [-0.39, 0.29) is 5.82 Å². The van der Waals surface area contributed by atoms with Crippen molar-refractivity contribution in [2.45, 2.75) is 18.6 Å². The number of anilines is 1. The SMILES string of the molecule is Fc1cc(Cl)cnc1N1CCC2(CC1)OCCO2. The molecule has 1 aromatic heterocycles. The molecule has 1 aromatic rings. The van der Waals surface area contributed by atoms with Crippen molar-refractivity contribution in [3.63, 3.8) is 0 Å². The molecule has 0 aliphatic carbocycles. The van der Waals surface area contributed by atoms with Crippen molar-refractivity contribution in [3.05, 3.63) is 23.1 Å². The molecule has 0 N–H and O–H groups in total. The second-order valence-corrected chi connectivity index (χ2v) is 4.99. The number of ether oxygens (including phenoxy) is 2. The first-order valence-electron chi connectivity index (χ1n) is 6.02. The van der Waals surface area contributed by atoms with Crippen LogP contribution < -0.4 is 4.90 Å². The molecule has 2 saturated heterocycles. The lowest BCUT2D eigenvalue weighted by molar-refractivity contribution is -0.169. The van der Waals surface area contributed by atoms with Crippen LogP contribution in [0.15, 0.2) is 12.3 Å². The van der Waals surface area contributed by atoms with Crippen molar-refractivity contribution >= 4 is 17.4 Å². The number of piperidine rings is 1. The van der Waals surface area contributed by atoms with E-state index < -0.39 is 5.79 Å². The Hall–Kier alpha value is -0.910. The first-order chi connectivity index (χ1) is 8.69. The largest absolute Gasteiger partial charge is 0.354 e. The van der Waals surface area contributed by atoms with Gasteiger partial charge >= 0.3 is 0 Å². The molecule has 98 valence electrons. The van der Waals surface area contributed by atoms with Gasteiger partial charge in [0.1, 0.15) is 0 Å². The van der Waals surface area contributed by atoms with Crippen LogP contribution in [0.25, 0.3) is 0 Å². The van der Waals surface area contributed by atoms with Crippen LogP contribution in [-0.2, 0) is 9.47 Å². The van der Waals surface area contributed by atoms with Gasteiger partial charge in [0.2, 0.25) is 0 Å². The van der Waals surface area contributed by atoms with E-state index in [1.807, 2.05) is 4.90 Å². The zero-order valence-corrected chi connectivity index (χ0v) is 10.6. The van der Waals surface area contributed by atoms with Gasteiger partial charge in [0.05, 0.1) is 18.2 Å². The van der Waals surface area contributed by atoms with Crippen molar-refractivity contribution in [1.82, 2.24) is 4.98 Å². The second kappa shape index (κ2) is 4.64. The molecule has 3 heterocycles. The van der Waals surface area contributed by atoms with Crippen LogP contribution in [-0.4, -0.2) is 37.1 Å². The Bertz CT molecular complexity index is 442. The molecule has 2 fully saturated rings. The number of nitrogens with zero attached hydrogens (tertiary/aromatic N) is 2. The highest BCUT2D eigenvalue weighted by Gasteiger charge is 2.40. The van der Waals surface area contributed by atoms with Crippen molar-refractivity contribution in [1.29, 1.82) is 0 Å². The van der Waals surface area contributed by atoms with Gasteiger partial charge in [-0.25, -0.2) is 9.37 Å². The summed E-state index contributed by atoms with van der Waals surface area (Å²) in [5.74, 6) is -0.474. The first-order valence-corrected chi connectivity index (χ1v) is 6.40. The molecule has 0 amide bonds. The predicted molar refractivity (Wildman–Crippen MR) is 65.3 cm³/mol. The van der Waals surface area contributed by atoms with Gasteiger partial charge in [0.15, 0.2) is 17.4 Å². The summed E-state index contributed by atoms with van der Waals surface area (Å²) < 4.78 is 25.0. The van der Waals surface area contributed by atoms with Gasteiger partial charge in [0.25, 0.3) is 0 Å². The van der Waals surface area contributed by atoms with Crippen LogP contribution in [0.5, 0.6) is 0 Å². The second-order valence-electron chi connectivity index (χ2n) is 4.55. The Morgan fingerprint density at radius 1 is 1.28 bits per heavy atom. The Morgan fingerprint density at radius 2 is 1.94 bits per heavy atom. The lowest BCUT2D eigenvalue weighted by Gasteiger charge is -2.38. The third-order valence-electron chi connectivity index (χ3n) is 3.43. The minimum Gasteiger partial charge on any atom is -0.354 e. The average Bonchev–Trinajstić information content (AvgIpc) is 2.80. The summed E-state index contributed by atoms with van der Waals surface area (Å²) in [6.07, 6.45) is 2.93. The third-order valence-corrected chi connectivity index (χ3v) is 3.63. The zero-order valence-electron chi connectivity index (χ0n) is 9.86. The van der Waals surface area contributed by atoms with Crippen LogP contribution in [0.2, 0.25) is 5.02 Å². The fourth-order valence-corrected chi connectivity index (χ4v) is 2.63. The van der Waals surface area contributed by atoms with Crippen molar-refractivity contribution < 1.29 is 13.9 Å². The Labute approximate surface area is 110 Å². The maximum atomic E-state index is 13.8. The fourth-order valence-electron chi connectivity index (χ4n) is 2.48. The average molecular weight is 273 g/mol. The quantitative estimate of drug-likeness (QED) is 0.785. The third kappa shape index (κ3) is 2.18. The number of hydrogen-bond acceptors (Lipinski definition) is 4. The molecule has 18 heavy (non-hydrogen) atoms. The molecule has 4 nitrogen and oxygen atoms in total. The molecular weight excluding hydrogens is 259 g/mol. The molecule has 0 atom stereocenters. The summed E-state index contributed by atoms with van der Waals surface area (Å²) >= 11 is 5.69. The van der Waals surface area contributed by atoms with Crippen molar-refractivity contribution in [3.8, 4) is 0 Å². The highest BCUT2D eigenvalue weighted by molar-refractivity contribution is 6.30. The van der Waals surface area contributed by atoms with E-state index in [1.165, 1.54) is 12.3 Å². The molecule has 0 saturated carbocycles. The van der Waals surface area contributed by atoms with E-state index >= 15 is 0 Å². The van der Waals surface area contributed by atoms with E-state index in [1.54, 1.807) is 0 Å². The molecule has 6 heteroatoms. The van der Waals surface area contributed by atoms with Crippen molar-refractivity contribution in [2.24, 2.45) is 0 Å². The molecule has 0 unspecified atom stereocenters. The fraction of sp³-hybridized carbons (Fsp3) is 0.583. The number of aromatic nitrogens is 1. The highest BCUT2D eigenvalue weighted by atomic mass is 35.5. The van der Waals surface area contributed by atoms with Gasteiger partial charge in [-0.1, -0.05) is 11.6 Å². The van der Waals surface area contributed by atoms with Crippen molar-refractivity contribution in [2.75, 3.05) is 31.2 Å². The molecule has 0 aromatic carbocycles. The predicted octanol–water partition coefficient (Wildman–Crippen LogP) is 2.22. The van der Waals surface area contributed by atoms with Gasteiger partial charge in [0, 0.05) is 32.1 Å². The summed E-state index contributed by atoms with van der Waals surface area (Å²) in [7, 11) is 0. The van der Waals surface area contributed by atoms with Crippen LogP contribution in [0.3, 0.4) is 0 Å². The number of pyridine rings is 1. The minimum absolute atomic E-state index is 0.312.